The highest BCUT2D eigenvalue weighted by molar-refractivity contribution is 7.08. The monoisotopic (exact) mass is 288 g/mol. The lowest BCUT2D eigenvalue weighted by Gasteiger charge is -2.24. The number of hydrogen-bond donors (Lipinski definition) is 0. The van der Waals surface area contributed by atoms with Crippen molar-refractivity contribution >= 4 is 17.4 Å². The van der Waals surface area contributed by atoms with Crippen LogP contribution in [-0.4, -0.2) is 28.8 Å². The van der Waals surface area contributed by atoms with Crippen molar-refractivity contribution in [2.24, 2.45) is 0 Å². The molecule has 1 aromatic heterocycles. The molecule has 0 spiro atoms. The first-order valence-corrected chi connectivity index (χ1v) is 7.42. The predicted molar refractivity (Wildman–Crippen MR) is 78.1 cm³/mol. The molecule has 1 aliphatic heterocycles. The van der Waals surface area contributed by atoms with Crippen molar-refractivity contribution in [3.05, 3.63) is 47.0 Å². The fourth-order valence-corrected chi connectivity index (χ4v) is 3.23. The standard InChI is InChI=1S/C15H16N2O2S/c1-19-12-5-2-4-11(10-12)13-6-3-9-17(13)15(18)14-7-8-16-20-14/h2,4-5,7-8,10,13H,3,6,9H2,1H3. The van der Waals surface area contributed by atoms with E-state index >= 15 is 0 Å². The molecule has 0 saturated carbocycles. The number of carbonyl (C=O) groups excluding carboxylic acids is 1. The first kappa shape index (κ1) is 13.1. The number of amides is 1. The van der Waals surface area contributed by atoms with Crippen LogP contribution in [0, 0.1) is 0 Å². The van der Waals surface area contributed by atoms with Crippen molar-refractivity contribution in [1.29, 1.82) is 0 Å². The van der Waals surface area contributed by atoms with Crippen LogP contribution in [0.3, 0.4) is 0 Å². The normalized spacial score (nSPS) is 18.2. The Morgan fingerprint density at radius 1 is 1.45 bits per heavy atom. The molecule has 1 atom stereocenters. The number of carbonyl (C=O) groups is 1. The SMILES string of the molecule is COc1cccc(C2CCCN2C(=O)c2ccns2)c1. The number of hydrogen-bond acceptors (Lipinski definition) is 4. The second-order valence-electron chi connectivity index (χ2n) is 4.81. The van der Waals surface area contributed by atoms with Crippen molar-refractivity contribution in [1.82, 2.24) is 9.27 Å². The van der Waals surface area contributed by atoms with Crippen LogP contribution in [-0.2, 0) is 0 Å². The summed E-state index contributed by atoms with van der Waals surface area (Å²) in [5.74, 6) is 0.914. The zero-order valence-electron chi connectivity index (χ0n) is 11.3. The predicted octanol–water partition coefficient (Wildman–Crippen LogP) is 3.13. The average Bonchev–Trinajstić information content (AvgIpc) is 3.17. The van der Waals surface area contributed by atoms with Gasteiger partial charge >= 0.3 is 0 Å². The zero-order chi connectivity index (χ0) is 13.9. The summed E-state index contributed by atoms with van der Waals surface area (Å²) in [5.41, 5.74) is 1.14. The third-order valence-corrected chi connectivity index (χ3v) is 4.38. The molecular formula is C15H16N2O2S. The van der Waals surface area contributed by atoms with Crippen LogP contribution in [0.4, 0.5) is 0 Å². The molecule has 0 radical (unpaired) electrons. The van der Waals surface area contributed by atoms with E-state index < -0.39 is 0 Å². The molecule has 0 bridgehead atoms. The highest BCUT2D eigenvalue weighted by Gasteiger charge is 2.31. The molecule has 2 heterocycles. The molecule has 5 heteroatoms. The number of methoxy groups -OCH3 is 1. The fourth-order valence-electron chi connectivity index (χ4n) is 2.67. The van der Waals surface area contributed by atoms with E-state index in [4.69, 9.17) is 4.74 Å². The van der Waals surface area contributed by atoms with Crippen LogP contribution in [0.15, 0.2) is 36.5 Å². The summed E-state index contributed by atoms with van der Waals surface area (Å²) in [6, 6.07) is 9.90. The van der Waals surface area contributed by atoms with Crippen molar-refractivity contribution < 1.29 is 9.53 Å². The van der Waals surface area contributed by atoms with Crippen molar-refractivity contribution in [3.63, 3.8) is 0 Å². The molecule has 1 aromatic carbocycles. The summed E-state index contributed by atoms with van der Waals surface area (Å²) >= 11 is 1.26. The molecular weight excluding hydrogens is 272 g/mol. The molecule has 0 N–H and O–H groups in total. The quantitative estimate of drug-likeness (QED) is 0.871. The van der Waals surface area contributed by atoms with Crippen LogP contribution in [0.2, 0.25) is 0 Å². The van der Waals surface area contributed by atoms with Crippen molar-refractivity contribution in [2.45, 2.75) is 18.9 Å². The smallest absolute Gasteiger partial charge is 0.266 e. The van der Waals surface area contributed by atoms with Gasteiger partial charge in [0.2, 0.25) is 0 Å². The number of ether oxygens (including phenoxy) is 1. The molecule has 2 aromatic rings. The van der Waals surface area contributed by atoms with E-state index in [9.17, 15) is 4.79 Å². The molecule has 4 nitrogen and oxygen atoms in total. The number of rotatable bonds is 3. The fraction of sp³-hybridized carbons (Fsp3) is 0.333. The minimum atomic E-state index is 0.0813. The topological polar surface area (TPSA) is 42.4 Å². The van der Waals surface area contributed by atoms with E-state index in [0.717, 1.165) is 30.7 Å². The van der Waals surface area contributed by atoms with E-state index in [1.165, 1.54) is 11.5 Å². The Kier molecular flexibility index (Phi) is 3.69. The summed E-state index contributed by atoms with van der Waals surface area (Å²) in [6.07, 6.45) is 3.71. The summed E-state index contributed by atoms with van der Waals surface area (Å²) in [4.78, 5) is 15.2. The van der Waals surface area contributed by atoms with Gasteiger partial charge in [0.15, 0.2) is 0 Å². The third-order valence-electron chi connectivity index (χ3n) is 3.64. The average molecular weight is 288 g/mol. The summed E-state index contributed by atoms with van der Waals surface area (Å²) in [6.45, 7) is 0.804. The number of nitrogens with zero attached hydrogens (tertiary/aromatic N) is 2. The van der Waals surface area contributed by atoms with Gasteiger partial charge in [0.25, 0.3) is 5.91 Å². The van der Waals surface area contributed by atoms with E-state index in [0.29, 0.717) is 4.88 Å². The Bertz CT molecular complexity index is 598. The molecule has 1 unspecified atom stereocenters. The largest absolute Gasteiger partial charge is 0.497 e. The Balaban J connectivity index is 1.86. The van der Waals surface area contributed by atoms with E-state index in [2.05, 4.69) is 10.4 Å². The molecule has 20 heavy (non-hydrogen) atoms. The van der Waals surface area contributed by atoms with Crippen molar-refractivity contribution in [2.75, 3.05) is 13.7 Å². The minimum absolute atomic E-state index is 0.0813. The van der Waals surface area contributed by atoms with Gasteiger partial charge in [-0.2, -0.15) is 0 Å². The number of benzene rings is 1. The van der Waals surface area contributed by atoms with Gasteiger partial charge in [-0.1, -0.05) is 12.1 Å². The Hall–Kier alpha value is -1.88. The Morgan fingerprint density at radius 2 is 2.35 bits per heavy atom. The van der Waals surface area contributed by atoms with Gasteiger partial charge in [0.05, 0.1) is 13.2 Å². The zero-order valence-corrected chi connectivity index (χ0v) is 12.1. The van der Waals surface area contributed by atoms with Gasteiger partial charge in [-0.3, -0.25) is 4.79 Å². The van der Waals surface area contributed by atoms with Gasteiger partial charge in [-0.05, 0) is 48.1 Å². The van der Waals surface area contributed by atoms with E-state index in [-0.39, 0.29) is 11.9 Å². The maximum atomic E-state index is 12.5. The molecule has 3 rings (SSSR count). The Labute approximate surface area is 122 Å². The van der Waals surface area contributed by atoms with E-state index in [1.54, 1.807) is 19.4 Å². The molecule has 1 saturated heterocycles. The highest BCUT2D eigenvalue weighted by Crippen LogP contribution is 2.34. The van der Waals surface area contributed by atoms with Crippen LogP contribution >= 0.6 is 11.5 Å². The summed E-state index contributed by atoms with van der Waals surface area (Å²) in [7, 11) is 1.66. The second kappa shape index (κ2) is 5.63. The number of likely N-dealkylation sites (tertiary alicyclic amines) is 1. The van der Waals surface area contributed by atoms with E-state index in [1.807, 2.05) is 23.1 Å². The first-order valence-electron chi connectivity index (χ1n) is 6.65. The minimum Gasteiger partial charge on any atom is -0.497 e. The van der Waals surface area contributed by atoms with Gasteiger partial charge in [-0.15, -0.1) is 0 Å². The van der Waals surface area contributed by atoms with Gasteiger partial charge in [0, 0.05) is 12.7 Å². The van der Waals surface area contributed by atoms with Crippen LogP contribution in [0.5, 0.6) is 5.75 Å². The third kappa shape index (κ3) is 2.41. The van der Waals surface area contributed by atoms with Gasteiger partial charge in [0.1, 0.15) is 10.6 Å². The maximum absolute atomic E-state index is 12.5. The van der Waals surface area contributed by atoms with Crippen LogP contribution in [0.1, 0.15) is 34.1 Å². The molecule has 104 valence electrons. The van der Waals surface area contributed by atoms with Crippen LogP contribution < -0.4 is 4.74 Å². The second-order valence-corrected chi connectivity index (χ2v) is 5.64. The van der Waals surface area contributed by atoms with Crippen molar-refractivity contribution in [3.8, 4) is 5.75 Å². The molecule has 1 amide bonds. The summed E-state index contributed by atoms with van der Waals surface area (Å²) < 4.78 is 9.28. The molecule has 0 aliphatic carbocycles. The molecule has 1 fully saturated rings. The lowest BCUT2D eigenvalue weighted by atomic mass is 10.0. The maximum Gasteiger partial charge on any atom is 0.266 e. The van der Waals surface area contributed by atoms with Gasteiger partial charge in [-0.25, -0.2) is 4.37 Å². The lowest BCUT2D eigenvalue weighted by Crippen LogP contribution is -2.29. The Morgan fingerprint density at radius 3 is 3.10 bits per heavy atom. The van der Waals surface area contributed by atoms with Crippen LogP contribution in [0.25, 0.3) is 0 Å². The summed E-state index contributed by atoms with van der Waals surface area (Å²) in [5, 5.41) is 0. The molecule has 1 aliphatic rings. The number of aromatic nitrogens is 1. The lowest BCUT2D eigenvalue weighted by molar-refractivity contribution is 0.0740. The van der Waals surface area contributed by atoms with Gasteiger partial charge < -0.3 is 9.64 Å². The first-order chi connectivity index (χ1) is 9.79. The highest BCUT2D eigenvalue weighted by atomic mass is 32.1.